The Morgan fingerprint density at radius 1 is 1.50 bits per heavy atom. The van der Waals surface area contributed by atoms with Gasteiger partial charge in [-0.2, -0.15) is 0 Å². The highest BCUT2D eigenvalue weighted by Crippen LogP contribution is 1.99. The largest absolute Gasteiger partial charge is 0.555 e. The fourth-order valence-corrected chi connectivity index (χ4v) is 0.750. The Hall–Kier alpha value is -0.163. The SMILES string of the molecule is C=C[Si]([O])(OC)OC. The van der Waals surface area contributed by atoms with Crippen molar-refractivity contribution in [2.24, 2.45) is 0 Å². The molecule has 0 aromatic heterocycles. The van der Waals surface area contributed by atoms with E-state index in [0.717, 1.165) is 0 Å². The molecule has 0 fully saturated rings. The summed E-state index contributed by atoms with van der Waals surface area (Å²) < 4.78 is 8.96. The minimum absolute atomic E-state index is 1.19. The summed E-state index contributed by atoms with van der Waals surface area (Å²) in [4.78, 5) is 10.8. The van der Waals surface area contributed by atoms with Gasteiger partial charge in [-0.1, -0.05) is 6.58 Å². The molecule has 0 aliphatic heterocycles. The fourth-order valence-electron chi connectivity index (χ4n) is 0.250. The molecule has 0 aliphatic carbocycles. The van der Waals surface area contributed by atoms with E-state index in [9.17, 15) is 4.80 Å². The Labute approximate surface area is 49.9 Å². The summed E-state index contributed by atoms with van der Waals surface area (Å²) in [7, 11) is -0.510. The quantitative estimate of drug-likeness (QED) is 0.522. The van der Waals surface area contributed by atoms with Crippen molar-refractivity contribution in [3.63, 3.8) is 0 Å². The third-order valence-electron chi connectivity index (χ3n) is 0.819. The van der Waals surface area contributed by atoms with Crippen molar-refractivity contribution in [3.8, 4) is 0 Å². The van der Waals surface area contributed by atoms with Gasteiger partial charge in [0.1, 0.15) is 0 Å². The van der Waals surface area contributed by atoms with Crippen LogP contribution in [0.2, 0.25) is 0 Å². The Kier molecular flexibility index (Phi) is 2.92. The van der Waals surface area contributed by atoms with Crippen LogP contribution in [0.5, 0.6) is 0 Å². The molecular weight excluding hydrogens is 124 g/mol. The molecule has 0 rings (SSSR count). The number of hydrogen-bond acceptors (Lipinski definition) is 2. The number of rotatable bonds is 3. The van der Waals surface area contributed by atoms with Crippen LogP contribution in [-0.2, 0) is 13.6 Å². The van der Waals surface area contributed by atoms with Crippen LogP contribution in [0.3, 0.4) is 0 Å². The highest BCUT2D eigenvalue weighted by Gasteiger charge is 2.31. The van der Waals surface area contributed by atoms with Crippen molar-refractivity contribution in [2.45, 2.75) is 0 Å². The normalized spacial score (nSPS) is 11.4. The van der Waals surface area contributed by atoms with E-state index in [0.29, 0.717) is 0 Å². The van der Waals surface area contributed by atoms with Gasteiger partial charge in [-0.25, -0.2) is 4.80 Å². The molecule has 0 aliphatic rings. The molecule has 8 heavy (non-hydrogen) atoms. The maximum atomic E-state index is 10.8. The van der Waals surface area contributed by atoms with E-state index in [4.69, 9.17) is 0 Å². The van der Waals surface area contributed by atoms with Gasteiger partial charge < -0.3 is 8.85 Å². The summed E-state index contributed by atoms with van der Waals surface area (Å²) in [6, 6.07) is 0. The molecule has 0 spiro atoms. The average molecular weight is 133 g/mol. The Bertz CT molecular complexity index is 79.4. The summed E-state index contributed by atoms with van der Waals surface area (Å²) in [6.45, 7) is 3.27. The molecule has 0 aromatic carbocycles. The second kappa shape index (κ2) is 2.98. The van der Waals surface area contributed by atoms with Crippen LogP contribution in [0, 0.1) is 0 Å². The van der Waals surface area contributed by atoms with Gasteiger partial charge in [0.05, 0.1) is 0 Å². The molecule has 0 atom stereocenters. The van der Waals surface area contributed by atoms with E-state index in [1.807, 2.05) is 0 Å². The molecule has 47 valence electrons. The second-order valence-corrected chi connectivity index (χ2v) is 3.65. The van der Waals surface area contributed by atoms with E-state index in [2.05, 4.69) is 15.4 Å². The first kappa shape index (κ1) is 7.84. The average Bonchev–Trinajstić information content (AvgIpc) is 1.87. The predicted octanol–water partition coefficient (Wildman–Crippen LogP) is 0.374. The van der Waals surface area contributed by atoms with Gasteiger partial charge in [-0.05, 0) is 5.70 Å². The Morgan fingerprint density at radius 3 is 1.88 bits per heavy atom. The molecule has 0 N–H and O–H groups in total. The molecule has 0 saturated carbocycles. The van der Waals surface area contributed by atoms with Gasteiger partial charge in [0.2, 0.25) is 0 Å². The third kappa shape index (κ3) is 1.75. The van der Waals surface area contributed by atoms with Gasteiger partial charge in [-0.3, -0.25) is 0 Å². The monoisotopic (exact) mass is 133 g/mol. The molecule has 0 heterocycles. The van der Waals surface area contributed by atoms with E-state index in [-0.39, 0.29) is 0 Å². The van der Waals surface area contributed by atoms with E-state index in [1.54, 1.807) is 0 Å². The number of hydrogen-bond donors (Lipinski definition) is 0. The Morgan fingerprint density at radius 2 is 1.88 bits per heavy atom. The van der Waals surface area contributed by atoms with Gasteiger partial charge in [0.15, 0.2) is 0 Å². The summed E-state index contributed by atoms with van der Waals surface area (Å²) in [5.41, 5.74) is 1.19. The summed E-state index contributed by atoms with van der Waals surface area (Å²) in [5, 5.41) is 0. The smallest absolute Gasteiger partial charge is 0.373 e. The topological polar surface area (TPSA) is 38.4 Å². The zero-order chi connectivity index (χ0) is 6.62. The predicted molar refractivity (Wildman–Crippen MR) is 30.7 cm³/mol. The summed E-state index contributed by atoms with van der Waals surface area (Å²) in [6.07, 6.45) is 0. The van der Waals surface area contributed by atoms with Crippen molar-refractivity contribution < 1.29 is 13.6 Å². The fraction of sp³-hybridized carbons (Fsp3) is 0.500. The first-order chi connectivity index (χ1) is 3.68. The Balaban J connectivity index is 3.76. The highest BCUT2D eigenvalue weighted by atomic mass is 28.4. The van der Waals surface area contributed by atoms with Crippen molar-refractivity contribution >= 4 is 8.80 Å². The molecule has 4 heteroatoms. The first-order valence-electron chi connectivity index (χ1n) is 2.13. The van der Waals surface area contributed by atoms with Gasteiger partial charge in [0.25, 0.3) is 0 Å². The zero-order valence-corrected chi connectivity index (χ0v) is 6.01. The molecule has 1 radical (unpaired) electrons. The van der Waals surface area contributed by atoms with Crippen LogP contribution >= 0.6 is 0 Å². The van der Waals surface area contributed by atoms with Crippen molar-refractivity contribution in [3.05, 3.63) is 12.3 Å². The maximum Gasteiger partial charge on any atom is 0.555 e. The van der Waals surface area contributed by atoms with Gasteiger partial charge in [0, 0.05) is 14.2 Å². The van der Waals surface area contributed by atoms with Crippen molar-refractivity contribution in [1.82, 2.24) is 0 Å². The molecule has 0 aromatic rings. The molecule has 0 amide bonds. The van der Waals surface area contributed by atoms with E-state index in [1.165, 1.54) is 19.9 Å². The lowest BCUT2D eigenvalue weighted by Crippen LogP contribution is -2.36. The molecular formula is C4H9O3Si. The lowest BCUT2D eigenvalue weighted by molar-refractivity contribution is 0.134. The minimum Gasteiger partial charge on any atom is -0.373 e. The van der Waals surface area contributed by atoms with Crippen LogP contribution in [0.15, 0.2) is 12.3 Å². The van der Waals surface area contributed by atoms with Gasteiger partial charge >= 0.3 is 8.80 Å². The zero-order valence-electron chi connectivity index (χ0n) is 5.01. The minimum atomic E-state index is -3.16. The van der Waals surface area contributed by atoms with Crippen LogP contribution in [-0.4, -0.2) is 23.0 Å². The van der Waals surface area contributed by atoms with Crippen molar-refractivity contribution in [2.75, 3.05) is 14.2 Å². The highest BCUT2D eigenvalue weighted by molar-refractivity contribution is 6.64. The lowest BCUT2D eigenvalue weighted by atomic mass is 11.3. The van der Waals surface area contributed by atoms with Crippen LogP contribution in [0.4, 0.5) is 0 Å². The lowest BCUT2D eigenvalue weighted by Gasteiger charge is -2.10. The molecule has 0 bridgehead atoms. The van der Waals surface area contributed by atoms with Crippen molar-refractivity contribution in [1.29, 1.82) is 0 Å². The van der Waals surface area contributed by atoms with Crippen LogP contribution < -0.4 is 0 Å². The molecule has 0 unspecified atom stereocenters. The first-order valence-corrected chi connectivity index (χ1v) is 3.93. The van der Waals surface area contributed by atoms with Gasteiger partial charge in [-0.15, -0.1) is 0 Å². The standard InChI is InChI=1S/C4H9O3Si/c1-4-8(5,6-2)7-3/h4H,1H2,2-3H3. The van der Waals surface area contributed by atoms with Crippen LogP contribution in [0.25, 0.3) is 0 Å². The third-order valence-corrected chi connectivity index (χ3v) is 2.46. The molecule has 3 nitrogen and oxygen atoms in total. The summed E-state index contributed by atoms with van der Waals surface area (Å²) >= 11 is 0. The molecule has 0 saturated heterocycles. The van der Waals surface area contributed by atoms with E-state index < -0.39 is 8.80 Å². The maximum absolute atomic E-state index is 10.8. The van der Waals surface area contributed by atoms with Crippen LogP contribution in [0.1, 0.15) is 0 Å². The second-order valence-electron chi connectivity index (χ2n) is 1.22. The van der Waals surface area contributed by atoms with E-state index >= 15 is 0 Å². The summed E-state index contributed by atoms with van der Waals surface area (Å²) in [5.74, 6) is 0.